The van der Waals surface area contributed by atoms with Gasteiger partial charge >= 0.3 is 5.97 Å². The summed E-state index contributed by atoms with van der Waals surface area (Å²) >= 11 is 1.31. The van der Waals surface area contributed by atoms with Crippen LogP contribution in [0, 0.1) is 0 Å². The number of pyridine rings is 1. The van der Waals surface area contributed by atoms with Crippen LogP contribution in [0.15, 0.2) is 57.6 Å². The van der Waals surface area contributed by atoms with Crippen LogP contribution in [-0.2, 0) is 4.79 Å². The van der Waals surface area contributed by atoms with E-state index in [4.69, 9.17) is 4.74 Å². The minimum absolute atomic E-state index is 0.239. The fourth-order valence-corrected chi connectivity index (χ4v) is 3.05. The number of nitrogens with zero attached hydrogens (tertiary/aromatic N) is 1. The summed E-state index contributed by atoms with van der Waals surface area (Å²) in [5.74, 6) is -0.0283. The van der Waals surface area contributed by atoms with Gasteiger partial charge < -0.3 is 4.74 Å². The second-order valence-electron chi connectivity index (χ2n) is 4.61. The third-order valence-electron chi connectivity index (χ3n) is 3.07. The van der Waals surface area contributed by atoms with Gasteiger partial charge in [-0.1, -0.05) is 6.07 Å². The highest BCUT2D eigenvalue weighted by Gasteiger charge is 2.09. The Kier molecular flexibility index (Phi) is 3.60. The summed E-state index contributed by atoms with van der Waals surface area (Å²) < 4.78 is 7.02. The second-order valence-corrected chi connectivity index (χ2v) is 5.52. The number of ether oxygens (including phenoxy) is 1. The lowest BCUT2D eigenvalue weighted by atomic mass is 10.2. The third-order valence-corrected chi connectivity index (χ3v) is 4.00. The Labute approximate surface area is 129 Å². The summed E-state index contributed by atoms with van der Waals surface area (Å²) in [6.45, 7) is 1.32. The molecular formula is C16H11NO4S. The number of aromatic nitrogens is 1. The van der Waals surface area contributed by atoms with Crippen molar-refractivity contribution in [3.63, 3.8) is 0 Å². The van der Waals surface area contributed by atoms with Gasteiger partial charge in [-0.2, -0.15) is 0 Å². The van der Waals surface area contributed by atoms with Gasteiger partial charge in [0.15, 0.2) is 0 Å². The van der Waals surface area contributed by atoms with Crippen molar-refractivity contribution >= 4 is 27.4 Å². The van der Waals surface area contributed by atoms with Crippen LogP contribution in [-0.4, -0.2) is 10.5 Å². The summed E-state index contributed by atoms with van der Waals surface area (Å²) in [6.07, 6.45) is 1.56. The molecule has 110 valence electrons. The van der Waals surface area contributed by atoms with E-state index in [1.807, 2.05) is 0 Å². The van der Waals surface area contributed by atoms with Gasteiger partial charge in [0.25, 0.3) is 5.56 Å². The van der Waals surface area contributed by atoms with Crippen LogP contribution in [0.3, 0.4) is 0 Å². The first-order valence-corrected chi connectivity index (χ1v) is 7.36. The highest BCUT2D eigenvalue weighted by molar-refractivity contribution is 7.16. The number of carbonyl (C=O) groups excluding carboxylic acids is 1. The van der Waals surface area contributed by atoms with Crippen LogP contribution in [0.4, 0.5) is 0 Å². The molecule has 0 spiro atoms. The molecule has 22 heavy (non-hydrogen) atoms. The van der Waals surface area contributed by atoms with Gasteiger partial charge in [0.05, 0.1) is 0 Å². The van der Waals surface area contributed by atoms with Crippen LogP contribution >= 0.6 is 11.3 Å². The monoisotopic (exact) mass is 313 g/mol. The Balaban J connectivity index is 2.19. The lowest BCUT2D eigenvalue weighted by Crippen LogP contribution is -2.21. The quantitative estimate of drug-likeness (QED) is 0.538. The van der Waals surface area contributed by atoms with E-state index in [9.17, 15) is 14.4 Å². The SMILES string of the molecule is CC(=O)Oc1ccc2c(=O)c(-n3ccccc3=O)csc2c1. The first kappa shape index (κ1) is 14.2. The lowest BCUT2D eigenvalue weighted by Gasteiger charge is -2.06. The van der Waals surface area contributed by atoms with Crippen LogP contribution < -0.4 is 15.7 Å². The molecule has 0 aliphatic rings. The lowest BCUT2D eigenvalue weighted by molar-refractivity contribution is -0.131. The largest absolute Gasteiger partial charge is 0.427 e. The zero-order chi connectivity index (χ0) is 15.7. The predicted molar refractivity (Wildman–Crippen MR) is 85.0 cm³/mol. The molecule has 0 N–H and O–H groups in total. The zero-order valence-electron chi connectivity index (χ0n) is 11.6. The first-order valence-electron chi connectivity index (χ1n) is 6.48. The van der Waals surface area contributed by atoms with Crippen LogP contribution in [0.2, 0.25) is 0 Å². The minimum Gasteiger partial charge on any atom is -0.427 e. The molecule has 2 heterocycles. The minimum atomic E-state index is -0.417. The van der Waals surface area contributed by atoms with Crippen molar-refractivity contribution < 1.29 is 9.53 Å². The van der Waals surface area contributed by atoms with Gasteiger partial charge in [-0.15, -0.1) is 11.3 Å². The Hall–Kier alpha value is -2.73. The molecule has 0 saturated heterocycles. The van der Waals surface area contributed by atoms with E-state index in [1.165, 1.54) is 28.9 Å². The third kappa shape index (κ3) is 2.56. The van der Waals surface area contributed by atoms with Gasteiger partial charge in [-0.25, -0.2) is 0 Å². The summed E-state index contributed by atoms with van der Waals surface area (Å²) in [4.78, 5) is 35.4. The molecule has 2 aromatic heterocycles. The van der Waals surface area contributed by atoms with Crippen molar-refractivity contribution in [2.75, 3.05) is 0 Å². The van der Waals surface area contributed by atoms with Crippen molar-refractivity contribution in [1.29, 1.82) is 0 Å². The average molecular weight is 313 g/mol. The van der Waals surface area contributed by atoms with Gasteiger partial charge in [-0.3, -0.25) is 19.0 Å². The van der Waals surface area contributed by atoms with Crippen molar-refractivity contribution in [2.45, 2.75) is 6.92 Å². The van der Waals surface area contributed by atoms with Crippen LogP contribution in [0.25, 0.3) is 15.8 Å². The molecule has 0 radical (unpaired) electrons. The maximum Gasteiger partial charge on any atom is 0.308 e. The van der Waals surface area contributed by atoms with Crippen molar-refractivity contribution in [2.24, 2.45) is 0 Å². The molecular weight excluding hydrogens is 302 g/mol. The van der Waals surface area contributed by atoms with Gasteiger partial charge in [0.1, 0.15) is 11.4 Å². The Morgan fingerprint density at radius 2 is 2.00 bits per heavy atom. The Bertz CT molecular complexity index is 987. The standard InChI is InChI=1S/C16H11NO4S/c1-10(18)21-11-5-6-12-14(8-11)22-9-13(16(12)20)17-7-3-2-4-15(17)19/h2-9H,1H3. The number of esters is 1. The Morgan fingerprint density at radius 3 is 2.73 bits per heavy atom. The fraction of sp³-hybridized carbons (Fsp3) is 0.0625. The predicted octanol–water partition coefficient (Wildman–Crippen LogP) is 2.34. The molecule has 0 amide bonds. The molecule has 0 unspecified atom stereocenters. The summed E-state index contributed by atoms with van der Waals surface area (Å²) in [5.41, 5.74) is -0.192. The topological polar surface area (TPSA) is 65.4 Å². The molecule has 0 aliphatic heterocycles. The average Bonchev–Trinajstić information content (AvgIpc) is 2.48. The number of fused-ring (bicyclic) bond motifs is 1. The van der Waals surface area contributed by atoms with Gasteiger partial charge in [0.2, 0.25) is 5.43 Å². The second kappa shape index (κ2) is 5.57. The van der Waals surface area contributed by atoms with E-state index in [1.54, 1.807) is 41.9 Å². The molecule has 1 aromatic carbocycles. The van der Waals surface area contributed by atoms with Gasteiger partial charge in [0, 0.05) is 34.7 Å². The van der Waals surface area contributed by atoms with Crippen molar-refractivity contribution in [3.8, 4) is 11.4 Å². The smallest absolute Gasteiger partial charge is 0.308 e. The molecule has 0 atom stereocenters. The molecule has 5 nitrogen and oxygen atoms in total. The number of benzene rings is 1. The van der Waals surface area contributed by atoms with E-state index in [-0.39, 0.29) is 11.0 Å². The molecule has 0 aliphatic carbocycles. The number of hydrogen-bond acceptors (Lipinski definition) is 5. The Morgan fingerprint density at radius 1 is 1.18 bits per heavy atom. The zero-order valence-corrected chi connectivity index (χ0v) is 12.4. The van der Waals surface area contributed by atoms with Crippen LogP contribution in [0.1, 0.15) is 6.92 Å². The summed E-state index contributed by atoms with van der Waals surface area (Å²) in [5, 5.41) is 2.11. The molecule has 0 fully saturated rings. The van der Waals surface area contributed by atoms with Crippen molar-refractivity contribution in [1.82, 2.24) is 4.57 Å². The summed E-state index contributed by atoms with van der Waals surface area (Å²) in [7, 11) is 0. The molecule has 3 rings (SSSR count). The number of carbonyl (C=O) groups is 1. The van der Waals surface area contributed by atoms with Crippen molar-refractivity contribution in [3.05, 3.63) is 68.6 Å². The molecule has 0 bridgehead atoms. The van der Waals surface area contributed by atoms with E-state index >= 15 is 0 Å². The molecule has 3 aromatic rings. The van der Waals surface area contributed by atoms with E-state index in [0.29, 0.717) is 21.5 Å². The maximum atomic E-state index is 12.6. The normalized spacial score (nSPS) is 10.6. The summed E-state index contributed by atoms with van der Waals surface area (Å²) in [6, 6.07) is 9.52. The molecule has 0 saturated carbocycles. The van der Waals surface area contributed by atoms with Gasteiger partial charge in [-0.05, 0) is 24.3 Å². The maximum absolute atomic E-state index is 12.6. The fourth-order valence-electron chi connectivity index (χ4n) is 2.12. The molecule has 6 heteroatoms. The number of rotatable bonds is 2. The number of hydrogen-bond donors (Lipinski definition) is 0. The van der Waals surface area contributed by atoms with E-state index in [2.05, 4.69) is 0 Å². The highest BCUT2D eigenvalue weighted by Crippen LogP contribution is 2.23. The van der Waals surface area contributed by atoms with E-state index < -0.39 is 5.97 Å². The van der Waals surface area contributed by atoms with E-state index in [0.717, 1.165) is 0 Å². The first-order chi connectivity index (χ1) is 10.6. The van der Waals surface area contributed by atoms with Crippen LogP contribution in [0.5, 0.6) is 5.75 Å². The highest BCUT2D eigenvalue weighted by atomic mass is 32.1.